The molecule has 0 unspecified atom stereocenters. The first-order chi connectivity index (χ1) is 19.9. The van der Waals surface area contributed by atoms with E-state index in [0.717, 1.165) is 30.3 Å². The van der Waals surface area contributed by atoms with E-state index in [-0.39, 0.29) is 53.9 Å². The Bertz CT molecular complexity index is 1660. The van der Waals surface area contributed by atoms with Crippen molar-refractivity contribution in [1.82, 2.24) is 4.90 Å². The number of halogens is 8. The van der Waals surface area contributed by atoms with Gasteiger partial charge in [0.15, 0.2) is 9.84 Å². The minimum absolute atomic E-state index is 0.00699. The summed E-state index contributed by atoms with van der Waals surface area (Å²) >= 11 is 0. The van der Waals surface area contributed by atoms with Gasteiger partial charge in [0.2, 0.25) is 0 Å². The van der Waals surface area contributed by atoms with Gasteiger partial charge in [0.1, 0.15) is 10.6 Å². The summed E-state index contributed by atoms with van der Waals surface area (Å²) in [5, 5.41) is 9.35. The average molecular weight is 634 g/mol. The molecule has 3 aromatic rings. The summed E-state index contributed by atoms with van der Waals surface area (Å²) in [5.41, 5.74) is -7.11. The number of likely N-dealkylation sites (tertiary alicyclic amines) is 1. The van der Waals surface area contributed by atoms with Gasteiger partial charge in [0.05, 0.1) is 10.5 Å². The van der Waals surface area contributed by atoms with E-state index in [4.69, 9.17) is 0 Å². The molecule has 1 aliphatic carbocycles. The van der Waals surface area contributed by atoms with Crippen molar-refractivity contribution >= 4 is 15.8 Å². The lowest BCUT2D eigenvalue weighted by atomic mass is 9.76. The van der Waals surface area contributed by atoms with E-state index in [0.29, 0.717) is 17.7 Å². The topological polar surface area (TPSA) is 74.7 Å². The number of carboxylic acids is 1. The lowest BCUT2D eigenvalue weighted by Gasteiger charge is -2.43. The zero-order valence-electron chi connectivity index (χ0n) is 22.0. The minimum atomic E-state index is -6.34. The molecule has 1 saturated heterocycles. The molecular formula is C29H23F8NO4S. The van der Waals surface area contributed by atoms with Crippen molar-refractivity contribution in [2.45, 2.75) is 59.5 Å². The molecule has 2 atom stereocenters. The van der Waals surface area contributed by atoms with E-state index in [9.17, 15) is 53.4 Å². The predicted octanol–water partition coefficient (Wildman–Crippen LogP) is 6.70. The van der Waals surface area contributed by atoms with E-state index in [1.165, 1.54) is 18.2 Å². The number of fused-ring (bicyclic) bond motifs is 3. The Kier molecular flexibility index (Phi) is 7.40. The molecule has 0 amide bonds. The molecule has 3 aromatic carbocycles. The van der Waals surface area contributed by atoms with Gasteiger partial charge in [-0.2, -0.15) is 26.3 Å². The van der Waals surface area contributed by atoms with E-state index in [2.05, 4.69) is 0 Å². The molecule has 1 N–H and O–H groups in total. The van der Waals surface area contributed by atoms with Crippen LogP contribution in [0.4, 0.5) is 35.1 Å². The summed E-state index contributed by atoms with van der Waals surface area (Å²) in [4.78, 5) is 12.9. The number of benzene rings is 3. The van der Waals surface area contributed by atoms with Crippen LogP contribution in [0.3, 0.4) is 0 Å². The second-order valence-electron chi connectivity index (χ2n) is 10.7. The number of carboxylic acid groups (broad SMARTS) is 1. The smallest absolute Gasteiger partial charge is 0.435 e. The molecule has 5 rings (SSSR count). The normalized spacial score (nSPS) is 21.3. The quantitative estimate of drug-likeness (QED) is 0.242. The number of hydrogen-bond acceptors (Lipinski definition) is 4. The van der Waals surface area contributed by atoms with Crippen LogP contribution in [0, 0.1) is 5.82 Å². The summed E-state index contributed by atoms with van der Waals surface area (Å²) in [6.45, 7) is 0.206. The molecular weight excluding hydrogens is 610 g/mol. The maximum atomic E-state index is 14.9. The average Bonchev–Trinajstić information content (AvgIpc) is 3.31. The maximum absolute atomic E-state index is 14.9. The van der Waals surface area contributed by atoms with Crippen LogP contribution in [0.25, 0.3) is 0 Å². The molecule has 230 valence electrons. The van der Waals surface area contributed by atoms with E-state index >= 15 is 0 Å². The highest BCUT2D eigenvalue weighted by molar-refractivity contribution is 7.92. The number of aryl methyl sites for hydroxylation is 1. The second-order valence-corrected chi connectivity index (χ2v) is 12.9. The second kappa shape index (κ2) is 10.3. The third-order valence-corrected chi connectivity index (χ3v) is 10.9. The van der Waals surface area contributed by atoms with Crippen LogP contribution in [0.5, 0.6) is 0 Å². The first-order valence-corrected chi connectivity index (χ1v) is 14.4. The van der Waals surface area contributed by atoms with Gasteiger partial charge >= 0.3 is 24.0 Å². The number of aromatic carboxylic acids is 1. The van der Waals surface area contributed by atoms with E-state index in [1.54, 1.807) is 11.0 Å². The fraction of sp³-hybridized carbons (Fsp3) is 0.345. The lowest BCUT2D eigenvalue weighted by Crippen LogP contribution is -2.52. The molecule has 0 saturated carbocycles. The van der Waals surface area contributed by atoms with Crippen molar-refractivity contribution in [3.63, 3.8) is 0 Å². The largest absolute Gasteiger partial charge is 0.478 e. The molecule has 43 heavy (non-hydrogen) atoms. The number of rotatable bonds is 6. The molecule has 5 nitrogen and oxygen atoms in total. The number of sulfone groups is 1. The predicted molar refractivity (Wildman–Crippen MR) is 137 cm³/mol. The third kappa shape index (κ3) is 4.78. The summed E-state index contributed by atoms with van der Waals surface area (Å²) < 4.78 is 137. The highest BCUT2D eigenvalue weighted by Gasteiger charge is 2.73. The van der Waals surface area contributed by atoms with Gasteiger partial charge in [0, 0.05) is 24.7 Å². The molecule has 1 aliphatic heterocycles. The molecule has 1 heterocycles. The Morgan fingerprint density at radius 3 is 2.19 bits per heavy atom. The summed E-state index contributed by atoms with van der Waals surface area (Å²) in [6.07, 6.45) is -13.0. The highest BCUT2D eigenvalue weighted by atomic mass is 32.2. The fourth-order valence-corrected chi connectivity index (χ4v) is 8.76. The Hall–Kier alpha value is -3.52. The van der Waals surface area contributed by atoms with Crippen molar-refractivity contribution in [3.05, 3.63) is 100 Å². The van der Waals surface area contributed by atoms with Crippen LogP contribution in [0.15, 0.2) is 71.6 Å². The van der Waals surface area contributed by atoms with Gasteiger partial charge in [-0.3, -0.25) is 4.90 Å². The van der Waals surface area contributed by atoms with E-state index in [1.807, 2.05) is 0 Å². The van der Waals surface area contributed by atoms with Crippen LogP contribution in [-0.4, -0.2) is 49.3 Å². The van der Waals surface area contributed by atoms with Crippen molar-refractivity contribution in [2.75, 3.05) is 6.54 Å². The summed E-state index contributed by atoms with van der Waals surface area (Å²) in [6, 6.07) is 10.5. The van der Waals surface area contributed by atoms with Crippen molar-refractivity contribution in [1.29, 1.82) is 0 Å². The van der Waals surface area contributed by atoms with Crippen molar-refractivity contribution < 1.29 is 53.4 Å². The third-order valence-electron chi connectivity index (χ3n) is 8.34. The molecule has 0 radical (unpaired) electrons. The summed E-state index contributed by atoms with van der Waals surface area (Å²) in [5.74, 6) is -1.91. The molecule has 2 aliphatic rings. The van der Waals surface area contributed by atoms with Gasteiger partial charge in [-0.1, -0.05) is 30.3 Å². The Morgan fingerprint density at radius 1 is 0.930 bits per heavy atom. The zero-order chi connectivity index (χ0) is 31.6. The minimum Gasteiger partial charge on any atom is -0.478 e. The molecule has 14 heteroatoms. The van der Waals surface area contributed by atoms with Crippen LogP contribution in [-0.2, 0) is 33.2 Å². The molecule has 0 spiro atoms. The monoisotopic (exact) mass is 633 g/mol. The first kappa shape index (κ1) is 30.9. The van der Waals surface area contributed by atoms with Gasteiger partial charge in [-0.25, -0.2) is 22.0 Å². The fourth-order valence-electron chi connectivity index (χ4n) is 6.37. The van der Waals surface area contributed by atoms with Crippen LogP contribution in [0.1, 0.15) is 45.5 Å². The SMILES string of the molecule is O=C(O)c1cccc(CN2CC[C@@]3(S(=O)(=O)c4ccc(F)cc4)c4ccc(C(F)(C(F)(F)F)C(F)(F)F)cc4CC[C@@H]23)c1. The van der Waals surface area contributed by atoms with Crippen LogP contribution in [0.2, 0.25) is 0 Å². The summed E-state index contributed by atoms with van der Waals surface area (Å²) in [7, 11) is -4.48. The van der Waals surface area contributed by atoms with Crippen molar-refractivity contribution in [2.24, 2.45) is 0 Å². The Morgan fingerprint density at radius 2 is 1.58 bits per heavy atom. The lowest BCUT2D eigenvalue weighted by molar-refractivity contribution is -0.348. The first-order valence-electron chi connectivity index (χ1n) is 13.0. The molecule has 0 bridgehead atoms. The zero-order valence-corrected chi connectivity index (χ0v) is 22.8. The number of alkyl halides is 7. The Labute approximate surface area is 240 Å². The standard InChI is InChI=1S/C29H23F8NO4S/c30-21-6-8-22(9-7-21)43(41,42)26-12-13-38(16-17-2-1-3-19(14-17)25(39)40)24(26)11-4-18-15-20(5-10-23(18)26)27(31,28(32,33)34)29(35,36)37/h1-3,5-10,14-15,24H,4,11-13,16H2,(H,39,40)/t24-,26-/m1/s1. The van der Waals surface area contributed by atoms with Gasteiger partial charge < -0.3 is 5.11 Å². The van der Waals surface area contributed by atoms with E-state index < -0.39 is 56.0 Å². The maximum Gasteiger partial charge on any atom is 0.435 e. The van der Waals surface area contributed by atoms with Gasteiger partial charge in [0.25, 0.3) is 0 Å². The van der Waals surface area contributed by atoms with Gasteiger partial charge in [-0.05, 0) is 72.4 Å². The highest BCUT2D eigenvalue weighted by Crippen LogP contribution is 2.56. The molecule has 1 fully saturated rings. The number of carbonyl (C=O) groups is 1. The Balaban J connectivity index is 1.66. The number of nitrogens with zero attached hydrogens (tertiary/aromatic N) is 1. The van der Waals surface area contributed by atoms with Crippen molar-refractivity contribution in [3.8, 4) is 0 Å². The number of hydrogen-bond donors (Lipinski definition) is 1. The van der Waals surface area contributed by atoms with Crippen LogP contribution >= 0.6 is 0 Å². The molecule has 0 aromatic heterocycles. The van der Waals surface area contributed by atoms with Gasteiger partial charge in [-0.15, -0.1) is 0 Å². The van der Waals surface area contributed by atoms with Crippen LogP contribution < -0.4 is 0 Å².